The number of amides is 1. The molecule has 0 unspecified atom stereocenters. The van der Waals surface area contributed by atoms with Crippen molar-refractivity contribution in [3.8, 4) is 0 Å². The molecule has 1 aromatic rings. The van der Waals surface area contributed by atoms with Crippen molar-refractivity contribution in [3.63, 3.8) is 0 Å². The van der Waals surface area contributed by atoms with Crippen LogP contribution in [0.3, 0.4) is 0 Å². The second-order valence-corrected chi connectivity index (χ2v) is 4.23. The van der Waals surface area contributed by atoms with Crippen molar-refractivity contribution < 1.29 is 4.79 Å². The van der Waals surface area contributed by atoms with Crippen LogP contribution in [0.15, 0.2) is 18.3 Å². The number of nitrogens with one attached hydrogen (secondary N) is 2. The van der Waals surface area contributed by atoms with E-state index in [1.165, 1.54) is 0 Å². The zero-order chi connectivity index (χ0) is 10.7. The quantitative estimate of drug-likeness (QED) is 0.688. The van der Waals surface area contributed by atoms with Crippen LogP contribution >= 0.6 is 0 Å². The van der Waals surface area contributed by atoms with E-state index in [-0.39, 0.29) is 5.91 Å². The van der Waals surface area contributed by atoms with Crippen LogP contribution in [0.1, 0.15) is 29.8 Å². The molecule has 0 saturated heterocycles. The van der Waals surface area contributed by atoms with Gasteiger partial charge in [0.1, 0.15) is 5.69 Å². The molecule has 4 N–H and O–H groups in total. The molecule has 0 spiro atoms. The highest BCUT2D eigenvalue weighted by Gasteiger charge is 2.22. The zero-order valence-electron chi connectivity index (χ0n) is 8.70. The second kappa shape index (κ2) is 4.49. The fourth-order valence-electron chi connectivity index (χ4n) is 2.10. The second-order valence-electron chi connectivity index (χ2n) is 4.23. The first-order valence-electron chi connectivity index (χ1n) is 5.43. The molecule has 1 heterocycles. The maximum Gasteiger partial charge on any atom is 0.267 e. The number of aromatic amines is 1. The van der Waals surface area contributed by atoms with Gasteiger partial charge in [-0.15, -0.1) is 0 Å². The van der Waals surface area contributed by atoms with Gasteiger partial charge in [-0.1, -0.05) is 0 Å². The Labute approximate surface area is 89.2 Å². The summed E-state index contributed by atoms with van der Waals surface area (Å²) < 4.78 is 0. The van der Waals surface area contributed by atoms with Gasteiger partial charge in [0.05, 0.1) is 0 Å². The fourth-order valence-corrected chi connectivity index (χ4v) is 2.10. The van der Waals surface area contributed by atoms with Gasteiger partial charge in [-0.05, 0) is 37.3 Å². The largest absolute Gasteiger partial charge is 0.357 e. The van der Waals surface area contributed by atoms with Crippen LogP contribution in [0.2, 0.25) is 0 Å². The number of hydrogen-bond donors (Lipinski definition) is 3. The zero-order valence-corrected chi connectivity index (χ0v) is 8.70. The standard InChI is InChI=1S/C11H17N3O/c12-9-4-3-8(6-9)7-14-11(15)10-2-1-5-13-10/h1-2,5,8-9,13H,3-4,6-7,12H2,(H,14,15)/t8-,9+/m0/s1. The molecule has 1 aromatic heterocycles. The van der Waals surface area contributed by atoms with Crippen LogP contribution in [0.5, 0.6) is 0 Å². The number of nitrogens with two attached hydrogens (primary N) is 1. The first-order chi connectivity index (χ1) is 7.25. The minimum atomic E-state index is -0.0273. The molecule has 2 rings (SSSR count). The third-order valence-corrected chi connectivity index (χ3v) is 2.98. The van der Waals surface area contributed by atoms with Crippen LogP contribution in [-0.2, 0) is 0 Å². The Balaban J connectivity index is 1.76. The van der Waals surface area contributed by atoms with E-state index in [1.54, 1.807) is 12.3 Å². The highest BCUT2D eigenvalue weighted by atomic mass is 16.1. The van der Waals surface area contributed by atoms with Gasteiger partial charge in [-0.3, -0.25) is 4.79 Å². The molecule has 0 aromatic carbocycles. The molecule has 0 aliphatic heterocycles. The SMILES string of the molecule is N[C@@H]1CC[C@H](CNC(=O)c2ccc[nH]2)C1. The van der Waals surface area contributed by atoms with Crippen LogP contribution in [0.25, 0.3) is 0 Å². The molecule has 4 heteroatoms. The fraction of sp³-hybridized carbons (Fsp3) is 0.545. The Morgan fingerprint density at radius 2 is 2.47 bits per heavy atom. The number of aromatic nitrogens is 1. The summed E-state index contributed by atoms with van der Waals surface area (Å²) in [5.41, 5.74) is 6.43. The van der Waals surface area contributed by atoms with Gasteiger partial charge in [0.2, 0.25) is 0 Å². The summed E-state index contributed by atoms with van der Waals surface area (Å²) in [7, 11) is 0. The lowest BCUT2D eigenvalue weighted by atomic mass is 10.1. The molecule has 4 nitrogen and oxygen atoms in total. The molecule has 1 saturated carbocycles. The molecule has 1 fully saturated rings. The first kappa shape index (κ1) is 10.2. The lowest BCUT2D eigenvalue weighted by molar-refractivity contribution is 0.0943. The highest BCUT2D eigenvalue weighted by Crippen LogP contribution is 2.23. The normalized spacial score (nSPS) is 25.4. The predicted octanol–water partition coefficient (Wildman–Crippen LogP) is 0.872. The third-order valence-electron chi connectivity index (χ3n) is 2.98. The number of carbonyl (C=O) groups excluding carboxylic acids is 1. The van der Waals surface area contributed by atoms with Crippen molar-refractivity contribution in [2.75, 3.05) is 6.54 Å². The Morgan fingerprint density at radius 3 is 3.07 bits per heavy atom. The molecule has 82 valence electrons. The van der Waals surface area contributed by atoms with Gasteiger partial charge in [-0.25, -0.2) is 0 Å². The number of H-pyrrole nitrogens is 1. The Kier molecular flexibility index (Phi) is 3.06. The Morgan fingerprint density at radius 1 is 1.60 bits per heavy atom. The minimum Gasteiger partial charge on any atom is -0.357 e. The monoisotopic (exact) mass is 207 g/mol. The van der Waals surface area contributed by atoms with Gasteiger partial charge < -0.3 is 16.0 Å². The van der Waals surface area contributed by atoms with Crippen molar-refractivity contribution in [2.24, 2.45) is 11.7 Å². The maximum absolute atomic E-state index is 11.6. The number of rotatable bonds is 3. The molecule has 1 aliphatic carbocycles. The van der Waals surface area contributed by atoms with Gasteiger partial charge in [0.25, 0.3) is 5.91 Å². The van der Waals surface area contributed by atoms with Crippen molar-refractivity contribution in [1.29, 1.82) is 0 Å². The summed E-state index contributed by atoms with van der Waals surface area (Å²) in [5, 5.41) is 2.92. The molecular weight excluding hydrogens is 190 g/mol. The highest BCUT2D eigenvalue weighted by molar-refractivity contribution is 5.92. The molecule has 15 heavy (non-hydrogen) atoms. The van der Waals surface area contributed by atoms with Gasteiger partial charge in [-0.2, -0.15) is 0 Å². The molecule has 0 bridgehead atoms. The van der Waals surface area contributed by atoms with E-state index >= 15 is 0 Å². The van der Waals surface area contributed by atoms with Crippen molar-refractivity contribution in [3.05, 3.63) is 24.0 Å². The van der Waals surface area contributed by atoms with Gasteiger partial charge in [0, 0.05) is 18.8 Å². The summed E-state index contributed by atoms with van der Waals surface area (Å²) in [4.78, 5) is 14.5. The van der Waals surface area contributed by atoms with E-state index < -0.39 is 0 Å². The molecule has 2 atom stereocenters. The van der Waals surface area contributed by atoms with Crippen LogP contribution in [0, 0.1) is 5.92 Å². The molecule has 1 amide bonds. The number of carbonyl (C=O) groups is 1. The third kappa shape index (κ3) is 2.59. The van der Waals surface area contributed by atoms with E-state index in [4.69, 9.17) is 5.73 Å². The smallest absolute Gasteiger partial charge is 0.267 e. The lowest BCUT2D eigenvalue weighted by Crippen LogP contribution is -2.29. The average molecular weight is 207 g/mol. The minimum absolute atomic E-state index is 0.0273. The first-order valence-corrected chi connectivity index (χ1v) is 5.43. The van der Waals surface area contributed by atoms with Crippen LogP contribution < -0.4 is 11.1 Å². The summed E-state index contributed by atoms with van der Waals surface area (Å²) in [6, 6.07) is 3.92. The van der Waals surface area contributed by atoms with E-state index in [2.05, 4.69) is 10.3 Å². The number of hydrogen-bond acceptors (Lipinski definition) is 2. The summed E-state index contributed by atoms with van der Waals surface area (Å²) in [6.07, 6.45) is 5.00. The maximum atomic E-state index is 11.6. The van der Waals surface area contributed by atoms with Crippen LogP contribution in [-0.4, -0.2) is 23.5 Å². The summed E-state index contributed by atoms with van der Waals surface area (Å²) in [6.45, 7) is 0.742. The van der Waals surface area contributed by atoms with Crippen molar-refractivity contribution >= 4 is 5.91 Å². The average Bonchev–Trinajstić information content (AvgIpc) is 2.84. The molecule has 1 aliphatic rings. The topological polar surface area (TPSA) is 70.9 Å². The molecule has 0 radical (unpaired) electrons. The van der Waals surface area contributed by atoms with Crippen LogP contribution in [0.4, 0.5) is 0 Å². The van der Waals surface area contributed by atoms with E-state index in [0.29, 0.717) is 17.7 Å². The van der Waals surface area contributed by atoms with Gasteiger partial charge >= 0.3 is 0 Å². The predicted molar refractivity (Wildman–Crippen MR) is 58.4 cm³/mol. The van der Waals surface area contributed by atoms with Crippen molar-refractivity contribution in [2.45, 2.75) is 25.3 Å². The lowest BCUT2D eigenvalue weighted by Gasteiger charge is -2.10. The molecular formula is C11H17N3O. The van der Waals surface area contributed by atoms with E-state index in [0.717, 1.165) is 25.8 Å². The Bertz CT molecular complexity index is 321. The van der Waals surface area contributed by atoms with E-state index in [9.17, 15) is 4.79 Å². The summed E-state index contributed by atoms with van der Waals surface area (Å²) in [5.74, 6) is 0.527. The summed E-state index contributed by atoms with van der Waals surface area (Å²) >= 11 is 0. The van der Waals surface area contributed by atoms with E-state index in [1.807, 2.05) is 6.07 Å². The van der Waals surface area contributed by atoms with Crippen molar-refractivity contribution in [1.82, 2.24) is 10.3 Å². The van der Waals surface area contributed by atoms with Gasteiger partial charge in [0.15, 0.2) is 0 Å². The Hall–Kier alpha value is -1.29.